The van der Waals surface area contributed by atoms with Crippen molar-refractivity contribution in [3.05, 3.63) is 42.4 Å². The molecule has 4 heterocycles. The van der Waals surface area contributed by atoms with Gasteiger partial charge in [0.25, 0.3) is 5.91 Å². The highest BCUT2D eigenvalue weighted by atomic mass is 16.2. The lowest BCUT2D eigenvalue weighted by Gasteiger charge is -2.22. The van der Waals surface area contributed by atoms with Crippen LogP contribution in [0, 0.1) is 11.8 Å². The molecule has 0 aliphatic carbocycles. The minimum absolute atomic E-state index is 0.0642. The van der Waals surface area contributed by atoms with E-state index in [0.29, 0.717) is 17.8 Å². The van der Waals surface area contributed by atoms with Gasteiger partial charge >= 0.3 is 0 Å². The predicted molar refractivity (Wildman–Crippen MR) is 93.2 cm³/mol. The van der Waals surface area contributed by atoms with Crippen LogP contribution < -0.4 is 4.90 Å². The van der Waals surface area contributed by atoms with E-state index in [2.05, 4.69) is 44.7 Å². The van der Waals surface area contributed by atoms with E-state index >= 15 is 0 Å². The lowest BCUT2D eigenvalue weighted by atomic mass is 10.0. The van der Waals surface area contributed by atoms with Gasteiger partial charge in [-0.15, -0.1) is 0 Å². The molecule has 4 rings (SSSR count). The van der Waals surface area contributed by atoms with Gasteiger partial charge in [0, 0.05) is 62.2 Å². The van der Waals surface area contributed by atoms with Gasteiger partial charge < -0.3 is 9.80 Å². The lowest BCUT2D eigenvalue weighted by molar-refractivity contribution is 0.0770. The Bertz CT molecular complexity index is 751. The van der Waals surface area contributed by atoms with Gasteiger partial charge in [-0.25, -0.2) is 19.9 Å². The van der Waals surface area contributed by atoms with E-state index in [1.54, 1.807) is 24.8 Å². The van der Waals surface area contributed by atoms with Gasteiger partial charge in [0.2, 0.25) is 5.82 Å². The molecule has 130 valence electrons. The highest BCUT2D eigenvalue weighted by Crippen LogP contribution is 2.34. The van der Waals surface area contributed by atoms with E-state index in [-0.39, 0.29) is 11.7 Å². The number of carbonyl (C=O) groups excluding carboxylic acids is 1. The van der Waals surface area contributed by atoms with Crippen molar-refractivity contribution < 1.29 is 4.79 Å². The second-order valence-electron chi connectivity index (χ2n) is 7.16. The summed E-state index contributed by atoms with van der Waals surface area (Å²) in [6.45, 7) is 7.66. The van der Waals surface area contributed by atoms with E-state index in [0.717, 1.165) is 37.7 Å². The fraction of sp³-hybridized carbons (Fsp3) is 0.500. The normalized spacial score (nSPS) is 22.5. The lowest BCUT2D eigenvalue weighted by Crippen LogP contribution is -2.34. The summed E-state index contributed by atoms with van der Waals surface area (Å²) in [5.74, 6) is 2.57. The van der Waals surface area contributed by atoms with Crippen LogP contribution in [0.15, 0.2) is 30.9 Å². The zero-order chi connectivity index (χ0) is 17.4. The molecule has 0 radical (unpaired) electrons. The number of rotatable bonds is 3. The summed E-state index contributed by atoms with van der Waals surface area (Å²) in [6, 6.07) is 3.81. The quantitative estimate of drug-likeness (QED) is 0.846. The van der Waals surface area contributed by atoms with Crippen LogP contribution in [-0.2, 0) is 0 Å². The van der Waals surface area contributed by atoms with E-state index in [9.17, 15) is 4.79 Å². The molecule has 0 spiro atoms. The van der Waals surface area contributed by atoms with Crippen LogP contribution >= 0.6 is 0 Å². The first-order valence-electron chi connectivity index (χ1n) is 8.75. The average molecular weight is 338 g/mol. The Morgan fingerprint density at radius 3 is 2.36 bits per heavy atom. The highest BCUT2D eigenvalue weighted by Gasteiger charge is 2.42. The SMILES string of the molecule is CC(C)c1cc(N2CC3CN(C(=O)c4ncccn4)CC3C2)ncn1. The van der Waals surface area contributed by atoms with Crippen molar-refractivity contribution in [2.75, 3.05) is 31.1 Å². The second-order valence-corrected chi connectivity index (χ2v) is 7.16. The summed E-state index contributed by atoms with van der Waals surface area (Å²) in [4.78, 5) is 33.7. The molecule has 2 aliphatic rings. The summed E-state index contributed by atoms with van der Waals surface area (Å²) in [5, 5.41) is 0. The first-order valence-corrected chi connectivity index (χ1v) is 8.75. The van der Waals surface area contributed by atoms with Gasteiger partial charge in [0.1, 0.15) is 12.1 Å². The van der Waals surface area contributed by atoms with Crippen molar-refractivity contribution in [2.45, 2.75) is 19.8 Å². The number of hydrogen-bond donors (Lipinski definition) is 0. The molecule has 7 nitrogen and oxygen atoms in total. The Morgan fingerprint density at radius 1 is 1.04 bits per heavy atom. The van der Waals surface area contributed by atoms with Crippen LogP contribution in [0.25, 0.3) is 0 Å². The molecule has 2 fully saturated rings. The number of aromatic nitrogens is 4. The maximum atomic E-state index is 12.5. The van der Waals surface area contributed by atoms with Crippen molar-refractivity contribution in [3.63, 3.8) is 0 Å². The molecule has 2 saturated heterocycles. The number of nitrogens with zero attached hydrogens (tertiary/aromatic N) is 6. The second kappa shape index (κ2) is 6.38. The largest absolute Gasteiger partial charge is 0.356 e. The predicted octanol–water partition coefficient (Wildman–Crippen LogP) is 1.60. The summed E-state index contributed by atoms with van der Waals surface area (Å²) in [6.07, 6.45) is 4.88. The summed E-state index contributed by atoms with van der Waals surface area (Å²) < 4.78 is 0. The Kier molecular flexibility index (Phi) is 4.07. The van der Waals surface area contributed by atoms with Crippen molar-refractivity contribution >= 4 is 11.7 Å². The van der Waals surface area contributed by atoms with Crippen LogP contribution in [0.1, 0.15) is 36.1 Å². The number of fused-ring (bicyclic) bond motifs is 1. The molecule has 7 heteroatoms. The standard InChI is InChI=1S/C18H22N6O/c1-12(2)15-6-16(22-11-21-15)23-7-13-9-24(10-14(13)8-23)18(25)17-19-4-3-5-20-17/h3-6,11-14H,7-10H2,1-2H3. The Balaban J connectivity index is 1.42. The zero-order valence-corrected chi connectivity index (χ0v) is 14.5. The summed E-state index contributed by atoms with van der Waals surface area (Å²) in [7, 11) is 0. The topological polar surface area (TPSA) is 75.1 Å². The fourth-order valence-electron chi connectivity index (χ4n) is 3.75. The van der Waals surface area contributed by atoms with Crippen molar-refractivity contribution in [1.29, 1.82) is 0 Å². The first-order chi connectivity index (χ1) is 12.1. The Morgan fingerprint density at radius 2 is 1.72 bits per heavy atom. The van der Waals surface area contributed by atoms with Gasteiger partial charge in [-0.1, -0.05) is 13.8 Å². The smallest absolute Gasteiger partial charge is 0.291 e. The maximum Gasteiger partial charge on any atom is 0.291 e. The van der Waals surface area contributed by atoms with Crippen molar-refractivity contribution in [1.82, 2.24) is 24.8 Å². The van der Waals surface area contributed by atoms with Gasteiger partial charge in [-0.2, -0.15) is 0 Å². The molecule has 1 amide bonds. The van der Waals surface area contributed by atoms with Gasteiger partial charge in [0.15, 0.2) is 0 Å². The molecule has 0 aromatic carbocycles. The Hall–Kier alpha value is -2.57. The van der Waals surface area contributed by atoms with Crippen molar-refractivity contribution in [3.8, 4) is 0 Å². The zero-order valence-electron chi connectivity index (χ0n) is 14.5. The monoisotopic (exact) mass is 338 g/mol. The summed E-state index contributed by atoms with van der Waals surface area (Å²) >= 11 is 0. The fourth-order valence-corrected chi connectivity index (χ4v) is 3.75. The minimum Gasteiger partial charge on any atom is -0.356 e. The van der Waals surface area contributed by atoms with Crippen LogP contribution in [0.5, 0.6) is 0 Å². The molecule has 2 aliphatic heterocycles. The van der Waals surface area contributed by atoms with E-state index in [4.69, 9.17) is 0 Å². The van der Waals surface area contributed by atoms with E-state index < -0.39 is 0 Å². The van der Waals surface area contributed by atoms with Crippen LogP contribution in [0.3, 0.4) is 0 Å². The molecule has 2 aromatic heterocycles. The van der Waals surface area contributed by atoms with E-state index in [1.807, 2.05) is 4.90 Å². The number of likely N-dealkylation sites (tertiary alicyclic amines) is 1. The molecule has 0 N–H and O–H groups in total. The molecule has 2 aromatic rings. The maximum absolute atomic E-state index is 12.5. The first kappa shape index (κ1) is 15.9. The molecule has 2 atom stereocenters. The third kappa shape index (κ3) is 3.06. The van der Waals surface area contributed by atoms with Crippen LogP contribution in [-0.4, -0.2) is 56.9 Å². The molecule has 0 bridgehead atoms. The number of amides is 1. The third-order valence-corrected chi connectivity index (χ3v) is 5.12. The van der Waals surface area contributed by atoms with Gasteiger partial charge in [-0.3, -0.25) is 4.79 Å². The van der Waals surface area contributed by atoms with Crippen LogP contribution in [0.4, 0.5) is 5.82 Å². The third-order valence-electron chi connectivity index (χ3n) is 5.12. The van der Waals surface area contributed by atoms with Crippen molar-refractivity contribution in [2.24, 2.45) is 11.8 Å². The highest BCUT2D eigenvalue weighted by molar-refractivity contribution is 5.90. The molecular formula is C18H22N6O. The number of carbonyl (C=O) groups is 1. The molecule has 25 heavy (non-hydrogen) atoms. The number of hydrogen-bond acceptors (Lipinski definition) is 6. The van der Waals surface area contributed by atoms with E-state index in [1.165, 1.54) is 0 Å². The number of anilines is 1. The van der Waals surface area contributed by atoms with Gasteiger partial charge in [0.05, 0.1) is 0 Å². The molecule has 2 unspecified atom stereocenters. The average Bonchev–Trinajstić information content (AvgIpc) is 3.21. The minimum atomic E-state index is -0.0642. The molecular weight excluding hydrogens is 316 g/mol. The Labute approximate surface area is 147 Å². The summed E-state index contributed by atoms with van der Waals surface area (Å²) in [5.41, 5.74) is 1.07. The van der Waals surface area contributed by atoms with Crippen LogP contribution in [0.2, 0.25) is 0 Å². The molecule has 0 saturated carbocycles. The van der Waals surface area contributed by atoms with Gasteiger partial charge in [-0.05, 0) is 12.0 Å².